The molecule has 0 spiro atoms. The quantitative estimate of drug-likeness (QED) is 0.809. The van der Waals surface area contributed by atoms with Crippen LogP contribution in [0.1, 0.15) is 5.56 Å². The van der Waals surface area contributed by atoms with Gasteiger partial charge in [-0.1, -0.05) is 23.7 Å². The van der Waals surface area contributed by atoms with Crippen molar-refractivity contribution in [2.24, 2.45) is 0 Å². The Hall–Kier alpha value is -1.40. The average molecular weight is 370 g/mol. The highest BCUT2D eigenvalue weighted by atomic mass is 35.5. The lowest BCUT2D eigenvalue weighted by Gasteiger charge is -2.26. The smallest absolute Gasteiger partial charge is 0.159 e. The lowest BCUT2D eigenvalue weighted by Crippen LogP contribution is -2.38. The van der Waals surface area contributed by atoms with Crippen molar-refractivity contribution >= 4 is 24.0 Å². The van der Waals surface area contributed by atoms with E-state index >= 15 is 0 Å². The van der Waals surface area contributed by atoms with Crippen LogP contribution in [0.3, 0.4) is 0 Å². The Morgan fingerprint density at radius 1 is 1.21 bits per heavy atom. The van der Waals surface area contributed by atoms with Gasteiger partial charge in [0.2, 0.25) is 0 Å². The van der Waals surface area contributed by atoms with E-state index in [2.05, 4.69) is 14.9 Å². The molecule has 3 rings (SSSR count). The van der Waals surface area contributed by atoms with Crippen molar-refractivity contribution in [3.63, 3.8) is 0 Å². The number of aromatic nitrogens is 2. The Bertz CT molecular complexity index is 647. The van der Waals surface area contributed by atoms with Crippen LogP contribution >= 0.6 is 24.0 Å². The van der Waals surface area contributed by atoms with E-state index in [4.69, 9.17) is 21.1 Å². The molecular weight excluding hydrogens is 349 g/mol. The van der Waals surface area contributed by atoms with Gasteiger partial charge in [-0.2, -0.15) is 0 Å². The predicted octanol–water partition coefficient (Wildman–Crippen LogP) is 3.24. The Balaban J connectivity index is 0.00000208. The van der Waals surface area contributed by atoms with E-state index < -0.39 is 0 Å². The van der Waals surface area contributed by atoms with Crippen molar-refractivity contribution in [3.8, 4) is 17.1 Å². The van der Waals surface area contributed by atoms with Gasteiger partial charge in [-0.05, 0) is 18.6 Å². The van der Waals surface area contributed by atoms with Gasteiger partial charge in [0.05, 0.1) is 25.6 Å². The monoisotopic (exact) mass is 369 g/mol. The molecule has 1 aromatic heterocycles. The van der Waals surface area contributed by atoms with Gasteiger partial charge < -0.3 is 9.47 Å². The summed E-state index contributed by atoms with van der Waals surface area (Å²) in [6, 6.07) is 5.74. The molecule has 0 unspecified atom stereocenters. The third kappa shape index (κ3) is 4.80. The molecule has 2 aromatic rings. The number of morpholine rings is 1. The van der Waals surface area contributed by atoms with E-state index in [-0.39, 0.29) is 12.4 Å². The van der Waals surface area contributed by atoms with Crippen LogP contribution in [0.2, 0.25) is 5.02 Å². The average Bonchev–Trinajstić information content (AvgIpc) is 2.59. The van der Waals surface area contributed by atoms with Gasteiger partial charge in [0.15, 0.2) is 11.6 Å². The Morgan fingerprint density at radius 3 is 2.62 bits per heavy atom. The van der Waals surface area contributed by atoms with Crippen molar-refractivity contribution in [1.82, 2.24) is 14.9 Å². The summed E-state index contributed by atoms with van der Waals surface area (Å²) in [5.41, 5.74) is 1.92. The van der Waals surface area contributed by atoms with Gasteiger partial charge in [0, 0.05) is 30.2 Å². The number of ether oxygens (including phenoxy) is 2. The SMILES string of the molecule is Cc1c(Cl)cccc1-c1ncc(OCCN2CCOCC2)cn1.Cl. The molecular formula is C17H21Cl2N3O2. The highest BCUT2D eigenvalue weighted by molar-refractivity contribution is 6.31. The molecule has 1 aromatic carbocycles. The zero-order valence-electron chi connectivity index (χ0n) is 13.6. The van der Waals surface area contributed by atoms with E-state index in [1.807, 2.05) is 25.1 Å². The van der Waals surface area contributed by atoms with Gasteiger partial charge in [-0.25, -0.2) is 9.97 Å². The lowest BCUT2D eigenvalue weighted by atomic mass is 10.1. The first-order chi connectivity index (χ1) is 11.2. The topological polar surface area (TPSA) is 47.5 Å². The zero-order chi connectivity index (χ0) is 16.1. The fourth-order valence-electron chi connectivity index (χ4n) is 2.50. The highest BCUT2D eigenvalue weighted by Gasteiger charge is 2.10. The van der Waals surface area contributed by atoms with Crippen LogP contribution in [0.5, 0.6) is 5.75 Å². The third-order valence-electron chi connectivity index (χ3n) is 3.92. The maximum Gasteiger partial charge on any atom is 0.159 e. The molecule has 0 saturated carbocycles. The lowest BCUT2D eigenvalue weighted by molar-refractivity contribution is 0.0322. The van der Waals surface area contributed by atoms with Crippen LogP contribution in [0.25, 0.3) is 11.4 Å². The number of benzene rings is 1. The van der Waals surface area contributed by atoms with Gasteiger partial charge in [0.1, 0.15) is 6.61 Å². The molecule has 0 N–H and O–H groups in total. The minimum Gasteiger partial charge on any atom is -0.489 e. The van der Waals surface area contributed by atoms with Crippen LogP contribution in [-0.4, -0.2) is 54.3 Å². The van der Waals surface area contributed by atoms with Crippen molar-refractivity contribution < 1.29 is 9.47 Å². The molecule has 0 aliphatic carbocycles. The van der Waals surface area contributed by atoms with Crippen LogP contribution < -0.4 is 4.74 Å². The maximum absolute atomic E-state index is 6.14. The highest BCUT2D eigenvalue weighted by Crippen LogP contribution is 2.26. The zero-order valence-corrected chi connectivity index (χ0v) is 15.1. The van der Waals surface area contributed by atoms with Crippen molar-refractivity contribution in [2.45, 2.75) is 6.92 Å². The summed E-state index contributed by atoms with van der Waals surface area (Å²) in [6.45, 7) is 7.01. The molecule has 2 heterocycles. The summed E-state index contributed by atoms with van der Waals surface area (Å²) in [6.07, 6.45) is 3.42. The molecule has 5 nitrogen and oxygen atoms in total. The summed E-state index contributed by atoms with van der Waals surface area (Å²) in [5.74, 6) is 1.34. The minimum atomic E-state index is 0. The first-order valence-electron chi connectivity index (χ1n) is 7.74. The Morgan fingerprint density at radius 2 is 1.92 bits per heavy atom. The summed E-state index contributed by atoms with van der Waals surface area (Å²) in [5, 5.41) is 0.719. The van der Waals surface area contributed by atoms with Crippen LogP contribution in [-0.2, 0) is 4.74 Å². The second-order valence-corrected chi connectivity index (χ2v) is 5.86. The van der Waals surface area contributed by atoms with Gasteiger partial charge in [-0.3, -0.25) is 4.90 Å². The first-order valence-corrected chi connectivity index (χ1v) is 8.12. The van der Waals surface area contributed by atoms with Gasteiger partial charge >= 0.3 is 0 Å². The molecule has 130 valence electrons. The normalized spacial score (nSPS) is 14.9. The molecule has 1 aliphatic heterocycles. The summed E-state index contributed by atoms with van der Waals surface area (Å²) in [4.78, 5) is 11.1. The molecule has 1 saturated heterocycles. The van der Waals surface area contributed by atoms with E-state index in [0.29, 0.717) is 18.2 Å². The van der Waals surface area contributed by atoms with Crippen LogP contribution in [0.15, 0.2) is 30.6 Å². The molecule has 7 heteroatoms. The molecule has 0 radical (unpaired) electrons. The van der Waals surface area contributed by atoms with Gasteiger partial charge in [0.25, 0.3) is 0 Å². The van der Waals surface area contributed by atoms with E-state index in [9.17, 15) is 0 Å². The molecule has 1 fully saturated rings. The first kappa shape index (κ1) is 18.9. The molecule has 0 amide bonds. The van der Waals surface area contributed by atoms with E-state index in [1.165, 1.54) is 0 Å². The number of halogens is 2. The van der Waals surface area contributed by atoms with Crippen molar-refractivity contribution in [1.29, 1.82) is 0 Å². The molecule has 1 aliphatic rings. The van der Waals surface area contributed by atoms with Crippen LogP contribution in [0, 0.1) is 6.92 Å². The summed E-state index contributed by atoms with van der Waals surface area (Å²) >= 11 is 6.14. The fraction of sp³-hybridized carbons (Fsp3) is 0.412. The fourth-order valence-corrected chi connectivity index (χ4v) is 2.67. The summed E-state index contributed by atoms with van der Waals surface area (Å²) < 4.78 is 11.0. The molecule has 0 bridgehead atoms. The van der Waals surface area contributed by atoms with Crippen molar-refractivity contribution in [2.75, 3.05) is 39.5 Å². The molecule has 24 heavy (non-hydrogen) atoms. The van der Waals surface area contributed by atoms with Crippen LogP contribution in [0.4, 0.5) is 0 Å². The molecule has 0 atom stereocenters. The number of rotatable bonds is 5. The number of nitrogens with zero attached hydrogens (tertiary/aromatic N) is 3. The van der Waals surface area contributed by atoms with Crippen molar-refractivity contribution in [3.05, 3.63) is 41.2 Å². The van der Waals surface area contributed by atoms with E-state index in [0.717, 1.165) is 49.0 Å². The minimum absolute atomic E-state index is 0. The second kappa shape index (κ2) is 9.18. The Labute approximate surface area is 153 Å². The number of hydrogen-bond donors (Lipinski definition) is 0. The number of hydrogen-bond acceptors (Lipinski definition) is 5. The Kier molecular flexibility index (Phi) is 7.24. The standard InChI is InChI=1S/C17H20ClN3O2.ClH/c1-13-15(3-2-4-16(13)18)17-19-11-14(12-20-17)23-10-7-21-5-8-22-9-6-21;/h2-4,11-12H,5-10H2,1H3;1H. The summed E-state index contributed by atoms with van der Waals surface area (Å²) in [7, 11) is 0. The maximum atomic E-state index is 6.14. The third-order valence-corrected chi connectivity index (χ3v) is 4.33. The predicted molar refractivity (Wildman–Crippen MR) is 97.2 cm³/mol. The largest absolute Gasteiger partial charge is 0.489 e. The van der Waals surface area contributed by atoms with E-state index in [1.54, 1.807) is 12.4 Å². The second-order valence-electron chi connectivity index (χ2n) is 5.46. The van der Waals surface area contributed by atoms with Gasteiger partial charge in [-0.15, -0.1) is 12.4 Å².